The molecule has 3 rings (SSSR count). The Labute approximate surface area is 177 Å². The lowest BCUT2D eigenvalue weighted by molar-refractivity contribution is -0.126. The van der Waals surface area contributed by atoms with Crippen molar-refractivity contribution in [2.24, 2.45) is 0 Å². The number of anilines is 1. The lowest BCUT2D eigenvalue weighted by Crippen LogP contribution is -2.47. The lowest BCUT2D eigenvalue weighted by Gasteiger charge is -2.33. The van der Waals surface area contributed by atoms with E-state index in [2.05, 4.69) is 5.32 Å². The second-order valence-corrected chi connectivity index (χ2v) is 9.82. The Balaban J connectivity index is 1.58. The summed E-state index contributed by atoms with van der Waals surface area (Å²) in [6.07, 6.45) is 0.659. The van der Waals surface area contributed by atoms with Crippen LogP contribution >= 0.6 is 0 Å². The Morgan fingerprint density at radius 2 is 1.73 bits per heavy atom. The summed E-state index contributed by atoms with van der Waals surface area (Å²) >= 11 is 0. The topological polar surface area (TPSA) is 69.7 Å². The van der Waals surface area contributed by atoms with Gasteiger partial charge in [0.1, 0.15) is 11.9 Å². The summed E-state index contributed by atoms with van der Waals surface area (Å²) in [5, 5.41) is 2.97. The maximum atomic E-state index is 13.9. The van der Waals surface area contributed by atoms with Crippen molar-refractivity contribution < 1.29 is 17.6 Å². The van der Waals surface area contributed by atoms with Gasteiger partial charge in [-0.1, -0.05) is 42.5 Å². The molecule has 1 N–H and O–H groups in total. The number of nitrogens with zero attached hydrogens (tertiary/aromatic N) is 2. The second-order valence-electron chi connectivity index (χ2n) is 7.52. The fraction of sp³-hybridized carbons (Fsp3) is 0.409. The van der Waals surface area contributed by atoms with Gasteiger partial charge in [-0.2, -0.15) is 0 Å². The van der Waals surface area contributed by atoms with Crippen LogP contribution < -0.4 is 10.2 Å². The monoisotopic (exact) mass is 433 g/mol. The molecule has 1 heterocycles. The van der Waals surface area contributed by atoms with Gasteiger partial charge < -0.3 is 10.2 Å². The Morgan fingerprint density at radius 1 is 1.10 bits per heavy atom. The van der Waals surface area contributed by atoms with Crippen molar-refractivity contribution in [1.29, 1.82) is 0 Å². The normalized spacial score (nSPS) is 17.3. The summed E-state index contributed by atoms with van der Waals surface area (Å²) in [6.45, 7) is 1.73. The molecule has 0 radical (unpaired) electrons. The van der Waals surface area contributed by atoms with Crippen molar-refractivity contribution in [1.82, 2.24) is 10.2 Å². The average Bonchev–Trinajstić information content (AvgIpc) is 2.73. The van der Waals surface area contributed by atoms with Gasteiger partial charge in [-0.3, -0.25) is 9.69 Å². The van der Waals surface area contributed by atoms with Gasteiger partial charge in [0.05, 0.1) is 17.2 Å². The zero-order chi connectivity index (χ0) is 21.6. The van der Waals surface area contributed by atoms with Crippen molar-refractivity contribution in [3.8, 4) is 0 Å². The van der Waals surface area contributed by atoms with Crippen LogP contribution in [0.2, 0.25) is 0 Å². The molecule has 1 unspecified atom stereocenters. The molecule has 0 aliphatic carbocycles. The zero-order valence-corrected chi connectivity index (χ0v) is 17.9. The van der Waals surface area contributed by atoms with Crippen molar-refractivity contribution in [2.75, 3.05) is 49.6 Å². The predicted octanol–water partition coefficient (Wildman–Crippen LogP) is 2.24. The van der Waals surface area contributed by atoms with E-state index in [9.17, 15) is 17.6 Å². The SMILES string of the molecule is CN(CCCNC(=O)C(c1ccccc1)N1CCS(=O)(=O)CC1)c1ccccc1F. The van der Waals surface area contributed by atoms with Crippen LogP contribution in [0.5, 0.6) is 0 Å². The summed E-state index contributed by atoms with van der Waals surface area (Å²) in [5.74, 6) is -0.282. The molecule has 8 heteroatoms. The number of para-hydroxylation sites is 1. The van der Waals surface area contributed by atoms with Crippen LogP contribution in [0.1, 0.15) is 18.0 Å². The molecule has 1 aliphatic heterocycles. The minimum Gasteiger partial charge on any atom is -0.372 e. The van der Waals surface area contributed by atoms with E-state index >= 15 is 0 Å². The van der Waals surface area contributed by atoms with E-state index in [-0.39, 0.29) is 23.2 Å². The standard InChI is InChI=1S/C22H28FN3O3S/c1-25(20-11-6-5-10-19(20)23)13-7-12-24-22(27)21(18-8-3-2-4-9-18)26-14-16-30(28,29)17-15-26/h2-6,8-11,21H,7,12-17H2,1H3,(H,24,27). The summed E-state index contributed by atoms with van der Waals surface area (Å²) < 4.78 is 37.4. The number of halogens is 1. The average molecular weight is 434 g/mol. The van der Waals surface area contributed by atoms with E-state index in [0.717, 1.165) is 5.56 Å². The van der Waals surface area contributed by atoms with Gasteiger partial charge in [-0.25, -0.2) is 12.8 Å². The molecule has 1 fully saturated rings. The van der Waals surface area contributed by atoms with E-state index in [1.807, 2.05) is 47.2 Å². The van der Waals surface area contributed by atoms with Crippen LogP contribution in [0.25, 0.3) is 0 Å². The highest BCUT2D eigenvalue weighted by Gasteiger charge is 2.32. The molecule has 1 aliphatic rings. The van der Waals surface area contributed by atoms with E-state index in [1.54, 1.807) is 18.2 Å². The van der Waals surface area contributed by atoms with Crippen LogP contribution in [0.4, 0.5) is 10.1 Å². The molecule has 1 amide bonds. The molecular formula is C22H28FN3O3S. The van der Waals surface area contributed by atoms with Crippen molar-refractivity contribution in [2.45, 2.75) is 12.5 Å². The first-order chi connectivity index (χ1) is 14.4. The third kappa shape index (κ3) is 5.79. The van der Waals surface area contributed by atoms with Gasteiger partial charge in [0.15, 0.2) is 9.84 Å². The van der Waals surface area contributed by atoms with E-state index in [1.165, 1.54) is 6.07 Å². The third-order valence-electron chi connectivity index (χ3n) is 5.34. The molecule has 30 heavy (non-hydrogen) atoms. The summed E-state index contributed by atoms with van der Waals surface area (Å²) in [5.41, 5.74) is 1.37. The van der Waals surface area contributed by atoms with E-state index in [4.69, 9.17) is 0 Å². The van der Waals surface area contributed by atoms with Crippen LogP contribution in [0.3, 0.4) is 0 Å². The highest BCUT2D eigenvalue weighted by Crippen LogP contribution is 2.23. The molecule has 6 nitrogen and oxygen atoms in total. The molecule has 2 aromatic carbocycles. The van der Waals surface area contributed by atoms with Gasteiger partial charge >= 0.3 is 0 Å². The number of rotatable bonds is 8. The zero-order valence-electron chi connectivity index (χ0n) is 17.1. The van der Waals surface area contributed by atoms with Gasteiger partial charge in [0.2, 0.25) is 5.91 Å². The molecule has 0 spiro atoms. The molecule has 0 bridgehead atoms. The first-order valence-corrected chi connectivity index (χ1v) is 11.9. The molecular weight excluding hydrogens is 405 g/mol. The third-order valence-corrected chi connectivity index (χ3v) is 6.95. The molecule has 1 saturated heterocycles. The largest absolute Gasteiger partial charge is 0.372 e. The van der Waals surface area contributed by atoms with Gasteiger partial charge in [0, 0.05) is 33.2 Å². The number of benzene rings is 2. The molecule has 1 atom stereocenters. The van der Waals surface area contributed by atoms with Crippen LogP contribution in [0.15, 0.2) is 54.6 Å². The number of carbonyl (C=O) groups excluding carboxylic acids is 1. The summed E-state index contributed by atoms with van der Waals surface area (Å²) in [7, 11) is -1.21. The molecule has 2 aromatic rings. The lowest BCUT2D eigenvalue weighted by atomic mass is 10.0. The number of hydrogen-bond donors (Lipinski definition) is 1. The number of amides is 1. The van der Waals surface area contributed by atoms with Crippen molar-refractivity contribution in [3.63, 3.8) is 0 Å². The predicted molar refractivity (Wildman–Crippen MR) is 117 cm³/mol. The van der Waals surface area contributed by atoms with Crippen LogP contribution in [-0.2, 0) is 14.6 Å². The second kappa shape index (κ2) is 10.0. The highest BCUT2D eigenvalue weighted by molar-refractivity contribution is 7.91. The summed E-state index contributed by atoms with van der Waals surface area (Å²) in [6, 6.07) is 15.5. The minimum atomic E-state index is -3.03. The molecule has 162 valence electrons. The number of nitrogens with one attached hydrogen (secondary N) is 1. The molecule has 0 aromatic heterocycles. The van der Waals surface area contributed by atoms with Gasteiger partial charge in [0.25, 0.3) is 0 Å². The first-order valence-electron chi connectivity index (χ1n) is 10.1. The van der Waals surface area contributed by atoms with Gasteiger partial charge in [-0.15, -0.1) is 0 Å². The quantitative estimate of drug-likeness (QED) is 0.647. The Hall–Kier alpha value is -2.45. The Bertz CT molecular complexity index is 939. The number of sulfone groups is 1. The van der Waals surface area contributed by atoms with Crippen LogP contribution in [-0.4, -0.2) is 64.0 Å². The van der Waals surface area contributed by atoms with Crippen molar-refractivity contribution >= 4 is 21.4 Å². The molecule has 0 saturated carbocycles. The fourth-order valence-electron chi connectivity index (χ4n) is 3.65. The maximum Gasteiger partial charge on any atom is 0.241 e. The first kappa shape index (κ1) is 22.2. The highest BCUT2D eigenvalue weighted by atomic mass is 32.2. The van der Waals surface area contributed by atoms with Crippen molar-refractivity contribution in [3.05, 3.63) is 66.0 Å². The van der Waals surface area contributed by atoms with E-state index < -0.39 is 15.9 Å². The fourth-order valence-corrected chi connectivity index (χ4v) is 4.88. The maximum absolute atomic E-state index is 13.9. The Morgan fingerprint density at radius 3 is 2.40 bits per heavy atom. The van der Waals surface area contributed by atoms with E-state index in [0.29, 0.717) is 38.3 Å². The van der Waals surface area contributed by atoms with Crippen LogP contribution in [0, 0.1) is 5.82 Å². The minimum absolute atomic E-state index is 0.0665. The number of hydrogen-bond acceptors (Lipinski definition) is 5. The Kier molecular flexibility index (Phi) is 7.44. The van der Waals surface area contributed by atoms with Gasteiger partial charge in [-0.05, 0) is 24.1 Å². The number of carbonyl (C=O) groups is 1. The summed E-state index contributed by atoms with van der Waals surface area (Å²) in [4.78, 5) is 16.8. The smallest absolute Gasteiger partial charge is 0.241 e.